The van der Waals surface area contributed by atoms with Crippen LogP contribution in [0.3, 0.4) is 0 Å². The number of carbonyl (C=O) groups is 2. The number of ether oxygens (including phenoxy) is 1. The van der Waals surface area contributed by atoms with Crippen molar-refractivity contribution in [1.82, 2.24) is 4.90 Å². The lowest BCUT2D eigenvalue weighted by atomic mass is 9.76. The minimum atomic E-state index is -4.80. The van der Waals surface area contributed by atoms with Crippen molar-refractivity contribution < 1.29 is 32.6 Å². The number of amides is 1. The van der Waals surface area contributed by atoms with E-state index in [1.54, 1.807) is 13.8 Å². The van der Waals surface area contributed by atoms with E-state index in [1.165, 1.54) is 17.0 Å². The van der Waals surface area contributed by atoms with Crippen LogP contribution in [0.25, 0.3) is 0 Å². The largest absolute Gasteiger partial charge is 0.573 e. The number of likely N-dealkylation sites (tertiary alicyclic amines) is 1. The molecule has 1 N–H and O–H groups in total. The molecule has 1 heterocycles. The first-order valence-electron chi connectivity index (χ1n) is 7.89. The second kappa shape index (κ2) is 6.93. The molecule has 1 aliphatic rings. The van der Waals surface area contributed by atoms with Crippen molar-refractivity contribution in [3.05, 3.63) is 29.8 Å². The summed E-state index contributed by atoms with van der Waals surface area (Å²) in [6.45, 7) is 4.04. The number of carbonyl (C=O) groups excluding carboxylic acids is 1. The molecule has 5 nitrogen and oxygen atoms in total. The fourth-order valence-corrected chi connectivity index (χ4v) is 3.08. The fraction of sp³-hybridized carbons (Fsp3) is 0.529. The number of nitrogens with zero attached hydrogens (tertiary/aromatic N) is 1. The summed E-state index contributed by atoms with van der Waals surface area (Å²) in [6, 6.07) is 5.23. The van der Waals surface area contributed by atoms with Crippen LogP contribution in [-0.4, -0.2) is 41.3 Å². The number of hydrogen-bond acceptors (Lipinski definition) is 3. The van der Waals surface area contributed by atoms with Crippen LogP contribution in [0.2, 0.25) is 0 Å². The van der Waals surface area contributed by atoms with E-state index < -0.39 is 17.7 Å². The van der Waals surface area contributed by atoms with Crippen molar-refractivity contribution in [2.75, 3.05) is 13.1 Å². The SMILES string of the molecule is CC(C)C1(C(=O)O)CCN(C(=O)Cc2cccc(OC(F)(F)F)c2)C1. The third-order valence-electron chi connectivity index (χ3n) is 4.67. The minimum Gasteiger partial charge on any atom is -0.481 e. The van der Waals surface area contributed by atoms with Crippen LogP contribution in [-0.2, 0) is 16.0 Å². The van der Waals surface area contributed by atoms with E-state index in [1.807, 2.05) is 0 Å². The first kappa shape index (κ1) is 19.1. The average Bonchev–Trinajstić information content (AvgIpc) is 2.92. The quantitative estimate of drug-likeness (QED) is 0.877. The molecule has 1 unspecified atom stereocenters. The van der Waals surface area contributed by atoms with E-state index in [0.717, 1.165) is 12.1 Å². The van der Waals surface area contributed by atoms with Gasteiger partial charge in [0.2, 0.25) is 5.91 Å². The molecule has 0 aliphatic carbocycles. The van der Waals surface area contributed by atoms with Gasteiger partial charge in [-0.2, -0.15) is 0 Å². The first-order valence-corrected chi connectivity index (χ1v) is 7.89. The summed E-state index contributed by atoms with van der Waals surface area (Å²) in [6.07, 6.45) is -4.54. The number of benzene rings is 1. The number of rotatable bonds is 5. The Morgan fingerprint density at radius 2 is 2.04 bits per heavy atom. The highest BCUT2D eigenvalue weighted by atomic mass is 19.4. The molecule has 1 saturated heterocycles. The summed E-state index contributed by atoms with van der Waals surface area (Å²) in [7, 11) is 0. The maximum Gasteiger partial charge on any atom is 0.573 e. The van der Waals surface area contributed by atoms with Crippen LogP contribution in [0.4, 0.5) is 13.2 Å². The number of alkyl halides is 3. The average molecular weight is 359 g/mol. The van der Waals surface area contributed by atoms with Crippen molar-refractivity contribution in [2.24, 2.45) is 11.3 Å². The molecule has 1 amide bonds. The van der Waals surface area contributed by atoms with Gasteiger partial charge in [-0.05, 0) is 30.0 Å². The van der Waals surface area contributed by atoms with Gasteiger partial charge in [0.1, 0.15) is 5.75 Å². The molecule has 0 radical (unpaired) electrons. The number of halogens is 3. The van der Waals surface area contributed by atoms with Crippen molar-refractivity contribution in [3.8, 4) is 5.75 Å². The second-order valence-corrected chi connectivity index (χ2v) is 6.55. The molecule has 1 aromatic carbocycles. The van der Waals surface area contributed by atoms with Gasteiger partial charge in [0.15, 0.2) is 0 Å². The zero-order chi connectivity index (χ0) is 18.8. The molecule has 2 rings (SSSR count). The van der Waals surface area contributed by atoms with Gasteiger partial charge >= 0.3 is 12.3 Å². The normalized spacial score (nSPS) is 20.8. The van der Waals surface area contributed by atoms with Crippen LogP contribution in [0.15, 0.2) is 24.3 Å². The Bertz CT molecular complexity index is 660. The van der Waals surface area contributed by atoms with Gasteiger partial charge in [-0.1, -0.05) is 26.0 Å². The predicted molar refractivity (Wildman–Crippen MR) is 82.9 cm³/mol. The Kier molecular flexibility index (Phi) is 5.29. The molecule has 1 aliphatic heterocycles. The van der Waals surface area contributed by atoms with Gasteiger partial charge in [0.05, 0.1) is 11.8 Å². The van der Waals surface area contributed by atoms with Gasteiger partial charge in [-0.25, -0.2) is 0 Å². The molecule has 0 aromatic heterocycles. The lowest BCUT2D eigenvalue weighted by Gasteiger charge is -2.28. The number of aliphatic carboxylic acids is 1. The number of carboxylic acids is 1. The fourth-order valence-electron chi connectivity index (χ4n) is 3.08. The van der Waals surface area contributed by atoms with Crippen molar-refractivity contribution in [3.63, 3.8) is 0 Å². The van der Waals surface area contributed by atoms with Crippen molar-refractivity contribution in [2.45, 2.75) is 33.1 Å². The van der Waals surface area contributed by atoms with Crippen molar-refractivity contribution >= 4 is 11.9 Å². The molecule has 25 heavy (non-hydrogen) atoms. The highest BCUT2D eigenvalue weighted by Crippen LogP contribution is 2.38. The lowest BCUT2D eigenvalue weighted by Crippen LogP contribution is -2.41. The Morgan fingerprint density at radius 1 is 1.36 bits per heavy atom. The van der Waals surface area contributed by atoms with Crippen molar-refractivity contribution in [1.29, 1.82) is 0 Å². The molecule has 0 bridgehead atoms. The number of carboxylic acid groups (broad SMARTS) is 1. The maximum atomic E-state index is 12.4. The van der Waals surface area contributed by atoms with E-state index in [9.17, 15) is 27.9 Å². The molecule has 0 spiro atoms. The van der Waals surface area contributed by atoms with Crippen LogP contribution < -0.4 is 4.74 Å². The molecule has 1 atom stereocenters. The van der Waals surface area contributed by atoms with E-state index in [-0.39, 0.29) is 30.5 Å². The van der Waals surface area contributed by atoms with Crippen LogP contribution in [0.5, 0.6) is 5.75 Å². The molecule has 1 aromatic rings. The Balaban J connectivity index is 2.06. The van der Waals surface area contributed by atoms with Crippen LogP contribution in [0, 0.1) is 11.3 Å². The standard InChI is InChI=1S/C17H20F3NO4/c1-11(2)16(15(23)24)6-7-21(10-16)14(22)9-12-4-3-5-13(8-12)25-17(18,19)20/h3-5,8,11H,6-7,9-10H2,1-2H3,(H,23,24). The zero-order valence-electron chi connectivity index (χ0n) is 14.0. The highest BCUT2D eigenvalue weighted by Gasteiger charge is 2.48. The topological polar surface area (TPSA) is 66.8 Å². The number of hydrogen-bond donors (Lipinski definition) is 1. The zero-order valence-corrected chi connectivity index (χ0v) is 14.0. The summed E-state index contributed by atoms with van der Waals surface area (Å²) >= 11 is 0. The lowest BCUT2D eigenvalue weighted by molar-refractivity contribution is -0.274. The second-order valence-electron chi connectivity index (χ2n) is 6.55. The summed E-state index contributed by atoms with van der Waals surface area (Å²) in [4.78, 5) is 25.5. The third-order valence-corrected chi connectivity index (χ3v) is 4.67. The molecule has 8 heteroatoms. The molecule has 138 valence electrons. The first-order chi connectivity index (χ1) is 11.5. The molecular weight excluding hydrogens is 339 g/mol. The minimum absolute atomic E-state index is 0.108. The van der Waals surface area contributed by atoms with E-state index in [2.05, 4.69) is 4.74 Å². The predicted octanol–water partition coefficient (Wildman–Crippen LogP) is 3.09. The van der Waals surface area contributed by atoms with Crippen LogP contribution >= 0.6 is 0 Å². The molecule has 1 fully saturated rings. The third kappa shape index (κ3) is 4.43. The maximum absolute atomic E-state index is 12.4. The summed E-state index contributed by atoms with van der Waals surface area (Å²) in [5, 5.41) is 9.51. The van der Waals surface area contributed by atoms with Gasteiger partial charge in [-0.15, -0.1) is 13.2 Å². The summed E-state index contributed by atoms with van der Waals surface area (Å²) < 4.78 is 40.6. The molecule has 0 saturated carbocycles. The summed E-state index contributed by atoms with van der Waals surface area (Å²) in [5.41, 5.74) is -0.596. The Morgan fingerprint density at radius 3 is 2.56 bits per heavy atom. The summed E-state index contributed by atoms with van der Waals surface area (Å²) in [5.74, 6) is -1.76. The smallest absolute Gasteiger partial charge is 0.481 e. The molecular formula is C17H20F3NO4. The van der Waals surface area contributed by atoms with Gasteiger partial charge in [0.25, 0.3) is 0 Å². The van der Waals surface area contributed by atoms with Gasteiger partial charge in [0, 0.05) is 13.1 Å². The van der Waals surface area contributed by atoms with Crippen LogP contribution in [0.1, 0.15) is 25.8 Å². The van der Waals surface area contributed by atoms with Gasteiger partial charge in [-0.3, -0.25) is 9.59 Å². The highest BCUT2D eigenvalue weighted by molar-refractivity contribution is 5.82. The van der Waals surface area contributed by atoms with E-state index in [4.69, 9.17) is 0 Å². The Labute approximate surface area is 143 Å². The van der Waals surface area contributed by atoms with Gasteiger partial charge < -0.3 is 14.7 Å². The van der Waals surface area contributed by atoms with E-state index in [0.29, 0.717) is 18.5 Å². The van der Waals surface area contributed by atoms with E-state index >= 15 is 0 Å². The monoisotopic (exact) mass is 359 g/mol. The Hall–Kier alpha value is -2.25.